The van der Waals surface area contributed by atoms with Gasteiger partial charge in [0.05, 0.1) is 24.8 Å². The summed E-state index contributed by atoms with van der Waals surface area (Å²) >= 11 is 0. The third kappa shape index (κ3) is 2.48. The number of aliphatic hydroxyl groups is 1. The molecule has 0 atom stereocenters. The van der Waals surface area contributed by atoms with Crippen molar-refractivity contribution in [1.29, 1.82) is 0 Å². The molecule has 2 aromatic carbocycles. The Balaban J connectivity index is 1.59. The van der Waals surface area contributed by atoms with E-state index >= 15 is 0 Å². The van der Waals surface area contributed by atoms with Gasteiger partial charge in [0.25, 0.3) is 0 Å². The van der Waals surface area contributed by atoms with E-state index in [0.717, 1.165) is 44.4 Å². The Bertz CT molecular complexity index is 1230. The Morgan fingerprint density at radius 2 is 1.73 bits per heavy atom. The minimum Gasteiger partial charge on any atom is -0.471 e. The number of nitrogens with zero attached hydrogens (tertiary/aromatic N) is 2. The van der Waals surface area contributed by atoms with Crippen molar-refractivity contribution in [3.05, 3.63) is 85.1 Å². The van der Waals surface area contributed by atoms with E-state index < -0.39 is 0 Å². The first kappa shape index (κ1) is 14.9. The van der Waals surface area contributed by atoms with Crippen LogP contribution in [-0.2, 0) is 6.61 Å². The van der Waals surface area contributed by atoms with Gasteiger partial charge < -0.3 is 13.9 Å². The maximum atomic E-state index is 9.35. The molecule has 4 heteroatoms. The summed E-state index contributed by atoms with van der Waals surface area (Å²) in [4.78, 5) is 4.74. The third-order valence-corrected chi connectivity index (χ3v) is 4.67. The molecule has 3 heterocycles. The number of rotatable bonds is 3. The smallest absolute Gasteiger partial charge is 0.137 e. The summed E-state index contributed by atoms with van der Waals surface area (Å²) < 4.78 is 7.29. The van der Waals surface area contributed by atoms with E-state index in [1.807, 2.05) is 47.0 Å². The Hall–Kier alpha value is -3.37. The number of hydrogen-bond acceptors (Lipinski definition) is 3. The van der Waals surface area contributed by atoms with Crippen LogP contribution in [-0.4, -0.2) is 14.5 Å². The number of hydrogen-bond donors (Lipinski definition) is 1. The van der Waals surface area contributed by atoms with Crippen LogP contribution in [0.4, 0.5) is 0 Å². The van der Waals surface area contributed by atoms with Crippen LogP contribution in [0.1, 0.15) is 5.56 Å². The number of aromatic nitrogens is 2. The average Bonchev–Trinajstić information content (AvgIpc) is 3.33. The minimum atomic E-state index is 0.0434. The van der Waals surface area contributed by atoms with Crippen molar-refractivity contribution in [2.75, 3.05) is 0 Å². The summed E-state index contributed by atoms with van der Waals surface area (Å²) in [5.41, 5.74) is 5.95. The van der Waals surface area contributed by atoms with E-state index in [-0.39, 0.29) is 6.61 Å². The van der Waals surface area contributed by atoms with Gasteiger partial charge in [-0.2, -0.15) is 0 Å². The van der Waals surface area contributed by atoms with E-state index in [1.165, 1.54) is 0 Å². The van der Waals surface area contributed by atoms with Crippen molar-refractivity contribution in [2.45, 2.75) is 6.61 Å². The lowest BCUT2D eigenvalue weighted by atomic mass is 10.1. The molecule has 0 bridgehead atoms. The Morgan fingerprint density at radius 1 is 0.846 bits per heavy atom. The number of pyridine rings is 1. The zero-order valence-corrected chi connectivity index (χ0v) is 14.0. The predicted molar refractivity (Wildman–Crippen MR) is 102 cm³/mol. The molecular formula is C22H16N2O2. The second-order valence-electron chi connectivity index (χ2n) is 6.38. The van der Waals surface area contributed by atoms with Gasteiger partial charge in [-0.1, -0.05) is 30.3 Å². The van der Waals surface area contributed by atoms with Gasteiger partial charge in [0, 0.05) is 28.7 Å². The van der Waals surface area contributed by atoms with E-state index in [0.29, 0.717) is 0 Å². The summed E-state index contributed by atoms with van der Waals surface area (Å²) in [5.74, 6) is 0. The second kappa shape index (κ2) is 5.86. The van der Waals surface area contributed by atoms with E-state index in [9.17, 15) is 5.11 Å². The molecule has 0 aliphatic carbocycles. The van der Waals surface area contributed by atoms with Gasteiger partial charge >= 0.3 is 0 Å². The van der Waals surface area contributed by atoms with Gasteiger partial charge in [0.15, 0.2) is 0 Å². The maximum absolute atomic E-state index is 9.35. The van der Waals surface area contributed by atoms with Crippen molar-refractivity contribution in [1.82, 2.24) is 9.38 Å². The number of imidazole rings is 1. The molecule has 126 valence electrons. The van der Waals surface area contributed by atoms with Gasteiger partial charge in [0.2, 0.25) is 0 Å². The Kier molecular flexibility index (Phi) is 3.37. The van der Waals surface area contributed by atoms with Crippen LogP contribution in [0, 0.1) is 0 Å². The van der Waals surface area contributed by atoms with E-state index in [2.05, 4.69) is 24.4 Å². The van der Waals surface area contributed by atoms with Crippen LogP contribution in [0.3, 0.4) is 0 Å². The van der Waals surface area contributed by atoms with Gasteiger partial charge in [-0.05, 0) is 41.0 Å². The first-order valence-corrected chi connectivity index (χ1v) is 8.45. The van der Waals surface area contributed by atoms with E-state index in [1.54, 1.807) is 12.5 Å². The molecule has 0 amide bonds. The lowest BCUT2D eigenvalue weighted by molar-refractivity contribution is 0.282. The second-order valence-corrected chi connectivity index (χ2v) is 6.38. The first-order chi connectivity index (χ1) is 12.8. The topological polar surface area (TPSA) is 50.7 Å². The molecule has 0 aliphatic rings. The molecule has 3 aromatic heterocycles. The molecule has 1 N–H and O–H groups in total. The SMILES string of the molecule is OCc1cccc(-c2ccc3nc(-c4ccc5cocc5c4)cn3c2)c1. The van der Waals surface area contributed by atoms with Crippen molar-refractivity contribution >= 4 is 16.4 Å². The molecule has 5 rings (SSSR count). The highest BCUT2D eigenvalue weighted by Gasteiger charge is 2.08. The fourth-order valence-corrected chi connectivity index (χ4v) is 3.28. The fraction of sp³-hybridized carbons (Fsp3) is 0.0455. The fourth-order valence-electron chi connectivity index (χ4n) is 3.28. The zero-order valence-electron chi connectivity index (χ0n) is 14.0. The van der Waals surface area contributed by atoms with Gasteiger partial charge in [-0.3, -0.25) is 0 Å². The quantitative estimate of drug-likeness (QED) is 0.508. The Morgan fingerprint density at radius 3 is 2.65 bits per heavy atom. The summed E-state index contributed by atoms with van der Waals surface area (Å²) in [6, 6.07) is 18.2. The monoisotopic (exact) mass is 340 g/mol. The van der Waals surface area contributed by atoms with Gasteiger partial charge in [-0.15, -0.1) is 0 Å². The van der Waals surface area contributed by atoms with Gasteiger partial charge in [0.1, 0.15) is 5.65 Å². The summed E-state index contributed by atoms with van der Waals surface area (Å²) in [6.07, 6.45) is 7.60. The third-order valence-electron chi connectivity index (χ3n) is 4.67. The average molecular weight is 340 g/mol. The van der Waals surface area contributed by atoms with Crippen LogP contribution in [0.25, 0.3) is 38.8 Å². The highest BCUT2D eigenvalue weighted by atomic mass is 16.3. The molecule has 0 fully saturated rings. The number of aliphatic hydroxyl groups excluding tert-OH is 1. The lowest BCUT2D eigenvalue weighted by Crippen LogP contribution is -1.87. The normalized spacial score (nSPS) is 11.4. The molecule has 0 saturated heterocycles. The molecule has 5 aromatic rings. The molecule has 4 nitrogen and oxygen atoms in total. The van der Waals surface area contributed by atoms with Crippen molar-refractivity contribution in [2.24, 2.45) is 0 Å². The lowest BCUT2D eigenvalue weighted by Gasteiger charge is -2.04. The standard InChI is InChI=1S/C22H16N2O2/c25-12-15-2-1-3-16(8-15)18-6-7-22-23-21(11-24(22)10-18)17-4-5-19-13-26-14-20(19)9-17/h1-11,13-14,25H,12H2. The van der Waals surface area contributed by atoms with E-state index in [4.69, 9.17) is 9.40 Å². The van der Waals surface area contributed by atoms with Crippen LogP contribution >= 0.6 is 0 Å². The summed E-state index contributed by atoms with van der Waals surface area (Å²) in [5, 5.41) is 11.5. The summed E-state index contributed by atoms with van der Waals surface area (Å²) in [6.45, 7) is 0.0434. The van der Waals surface area contributed by atoms with Crippen molar-refractivity contribution in [3.63, 3.8) is 0 Å². The zero-order chi connectivity index (χ0) is 17.5. The van der Waals surface area contributed by atoms with Crippen LogP contribution in [0.2, 0.25) is 0 Å². The van der Waals surface area contributed by atoms with Crippen molar-refractivity contribution in [3.8, 4) is 22.4 Å². The highest BCUT2D eigenvalue weighted by Crippen LogP contribution is 2.26. The Labute approximate surface area is 150 Å². The number of fused-ring (bicyclic) bond motifs is 2. The molecule has 0 radical (unpaired) electrons. The van der Waals surface area contributed by atoms with Crippen molar-refractivity contribution < 1.29 is 9.52 Å². The van der Waals surface area contributed by atoms with Gasteiger partial charge in [-0.25, -0.2) is 4.98 Å². The molecule has 0 spiro atoms. The largest absolute Gasteiger partial charge is 0.471 e. The first-order valence-electron chi connectivity index (χ1n) is 8.45. The van der Waals surface area contributed by atoms with Crippen LogP contribution < -0.4 is 0 Å². The molecule has 26 heavy (non-hydrogen) atoms. The molecule has 0 aliphatic heterocycles. The highest BCUT2D eigenvalue weighted by molar-refractivity contribution is 5.86. The maximum Gasteiger partial charge on any atom is 0.137 e. The molecule has 0 unspecified atom stereocenters. The number of furan rings is 1. The van der Waals surface area contributed by atoms with Crippen LogP contribution in [0.5, 0.6) is 0 Å². The van der Waals surface area contributed by atoms with Crippen LogP contribution in [0.15, 0.2) is 83.9 Å². The number of benzene rings is 2. The minimum absolute atomic E-state index is 0.0434. The summed E-state index contributed by atoms with van der Waals surface area (Å²) in [7, 11) is 0. The molecule has 0 saturated carbocycles. The predicted octanol–water partition coefficient (Wildman–Crippen LogP) is 4.91. The molecular weight excluding hydrogens is 324 g/mol.